The molecule has 0 saturated carbocycles. The molecule has 2 rings (SSSR count). The first-order valence-electron chi connectivity index (χ1n) is 5.15. The number of methoxy groups -OCH3 is 2. The minimum absolute atomic E-state index is 0.158. The van der Waals surface area contributed by atoms with Crippen molar-refractivity contribution in [2.45, 2.75) is 0 Å². The molecule has 0 fully saturated rings. The number of hydrogen-bond acceptors (Lipinski definition) is 6. The topological polar surface area (TPSA) is 74.2 Å². The summed E-state index contributed by atoms with van der Waals surface area (Å²) in [5.74, 6) is -0.0124. The van der Waals surface area contributed by atoms with Crippen molar-refractivity contribution in [2.75, 3.05) is 14.2 Å². The first kappa shape index (κ1) is 12.0. The van der Waals surface area contributed by atoms with Crippen LogP contribution in [0.15, 0.2) is 30.7 Å². The van der Waals surface area contributed by atoms with E-state index in [1.165, 1.54) is 13.3 Å². The smallest absolute Gasteiger partial charge is 0.358 e. The lowest BCUT2D eigenvalue weighted by atomic mass is 10.2. The minimum atomic E-state index is -0.522. The van der Waals surface area contributed by atoms with E-state index in [9.17, 15) is 4.79 Å². The van der Waals surface area contributed by atoms with E-state index in [2.05, 4.69) is 19.7 Å². The molecule has 0 unspecified atom stereocenters. The predicted octanol–water partition coefficient (Wildman–Crippen LogP) is 1.33. The fraction of sp³-hybridized carbons (Fsp3) is 0.167. The lowest BCUT2D eigenvalue weighted by molar-refractivity contribution is 0.0593. The first-order valence-corrected chi connectivity index (χ1v) is 5.15. The summed E-state index contributed by atoms with van der Waals surface area (Å²) < 4.78 is 9.55. The van der Waals surface area contributed by atoms with E-state index in [4.69, 9.17) is 4.74 Å². The number of hydrogen-bond donors (Lipinski definition) is 0. The molecule has 0 aromatic carbocycles. The minimum Gasteiger partial charge on any atom is -0.481 e. The molecule has 0 aliphatic heterocycles. The Labute approximate surface area is 104 Å². The van der Waals surface area contributed by atoms with Crippen molar-refractivity contribution in [3.63, 3.8) is 0 Å². The van der Waals surface area contributed by atoms with Gasteiger partial charge in [-0.15, -0.1) is 0 Å². The highest BCUT2D eigenvalue weighted by Gasteiger charge is 2.09. The van der Waals surface area contributed by atoms with Gasteiger partial charge in [0.25, 0.3) is 0 Å². The molecule has 6 heteroatoms. The van der Waals surface area contributed by atoms with Gasteiger partial charge in [-0.05, 0) is 6.07 Å². The van der Waals surface area contributed by atoms with Gasteiger partial charge in [0.2, 0.25) is 5.88 Å². The zero-order valence-electron chi connectivity index (χ0n) is 9.95. The molecular formula is C12H11N3O3. The van der Waals surface area contributed by atoms with Gasteiger partial charge in [-0.3, -0.25) is 4.98 Å². The molecule has 0 saturated heterocycles. The van der Waals surface area contributed by atoms with Crippen LogP contribution in [0.3, 0.4) is 0 Å². The summed E-state index contributed by atoms with van der Waals surface area (Å²) in [6, 6.07) is 3.50. The number of pyridine rings is 1. The number of carbonyl (C=O) groups is 1. The van der Waals surface area contributed by atoms with Crippen LogP contribution >= 0.6 is 0 Å². The number of carbonyl (C=O) groups excluding carboxylic acids is 1. The molecule has 0 N–H and O–H groups in total. The molecule has 2 aromatic heterocycles. The van der Waals surface area contributed by atoms with E-state index in [1.807, 2.05) is 0 Å². The molecule has 0 spiro atoms. The zero-order valence-corrected chi connectivity index (χ0v) is 9.95. The summed E-state index contributed by atoms with van der Waals surface area (Å²) in [6.07, 6.45) is 4.51. The number of ether oxygens (including phenoxy) is 2. The highest BCUT2D eigenvalue weighted by Crippen LogP contribution is 2.17. The monoisotopic (exact) mass is 245 g/mol. The second kappa shape index (κ2) is 5.22. The fourth-order valence-corrected chi connectivity index (χ4v) is 1.36. The Hall–Kier alpha value is -2.50. The maximum absolute atomic E-state index is 11.3. The highest BCUT2D eigenvalue weighted by molar-refractivity contribution is 5.87. The van der Waals surface area contributed by atoms with Crippen molar-refractivity contribution in [3.8, 4) is 17.1 Å². The van der Waals surface area contributed by atoms with Gasteiger partial charge >= 0.3 is 5.97 Å². The van der Waals surface area contributed by atoms with Gasteiger partial charge in [0.05, 0.1) is 32.3 Å². The summed E-state index contributed by atoms with van der Waals surface area (Å²) in [5.41, 5.74) is 1.45. The third-order valence-electron chi connectivity index (χ3n) is 2.27. The molecule has 0 bridgehead atoms. The Kier molecular flexibility index (Phi) is 3.47. The first-order chi connectivity index (χ1) is 8.74. The van der Waals surface area contributed by atoms with Gasteiger partial charge in [-0.1, -0.05) is 0 Å². The van der Waals surface area contributed by atoms with Crippen LogP contribution in [0.2, 0.25) is 0 Å². The van der Waals surface area contributed by atoms with Crippen LogP contribution in [-0.4, -0.2) is 35.1 Å². The quantitative estimate of drug-likeness (QED) is 0.759. The summed E-state index contributed by atoms with van der Waals surface area (Å²) in [7, 11) is 2.84. The average molecular weight is 245 g/mol. The molecule has 0 radical (unpaired) electrons. The molecular weight excluding hydrogens is 234 g/mol. The number of rotatable bonds is 3. The van der Waals surface area contributed by atoms with Gasteiger partial charge in [0, 0.05) is 17.8 Å². The number of nitrogens with zero attached hydrogens (tertiary/aromatic N) is 3. The third kappa shape index (κ3) is 2.42. The van der Waals surface area contributed by atoms with Crippen LogP contribution in [-0.2, 0) is 4.74 Å². The Bertz CT molecular complexity index is 555. The number of aromatic nitrogens is 3. The molecule has 0 aliphatic rings. The van der Waals surface area contributed by atoms with Crippen molar-refractivity contribution >= 4 is 5.97 Å². The van der Waals surface area contributed by atoms with Crippen LogP contribution in [0.5, 0.6) is 5.88 Å². The Morgan fingerprint density at radius 3 is 2.61 bits per heavy atom. The van der Waals surface area contributed by atoms with Gasteiger partial charge in [-0.25, -0.2) is 14.8 Å². The van der Waals surface area contributed by atoms with Crippen LogP contribution in [0.1, 0.15) is 10.5 Å². The molecule has 0 atom stereocenters. The van der Waals surface area contributed by atoms with Crippen molar-refractivity contribution in [1.29, 1.82) is 0 Å². The molecule has 92 valence electrons. The largest absolute Gasteiger partial charge is 0.481 e. The molecule has 2 heterocycles. The number of esters is 1. The SMILES string of the molecule is COC(=O)c1cncc(-c2ccc(OC)nc2)n1. The predicted molar refractivity (Wildman–Crippen MR) is 63.2 cm³/mol. The van der Waals surface area contributed by atoms with Crippen molar-refractivity contribution in [2.24, 2.45) is 0 Å². The Balaban J connectivity index is 2.35. The fourth-order valence-electron chi connectivity index (χ4n) is 1.36. The Morgan fingerprint density at radius 2 is 2.00 bits per heavy atom. The summed E-state index contributed by atoms with van der Waals surface area (Å²) in [5, 5.41) is 0. The highest BCUT2D eigenvalue weighted by atomic mass is 16.5. The van der Waals surface area contributed by atoms with E-state index < -0.39 is 5.97 Å². The van der Waals surface area contributed by atoms with Gasteiger partial charge < -0.3 is 9.47 Å². The van der Waals surface area contributed by atoms with Gasteiger partial charge in [-0.2, -0.15) is 0 Å². The van der Waals surface area contributed by atoms with Crippen LogP contribution in [0.4, 0.5) is 0 Å². The van der Waals surface area contributed by atoms with Crippen LogP contribution < -0.4 is 4.74 Å². The normalized spacial score (nSPS) is 9.89. The summed E-state index contributed by atoms with van der Waals surface area (Å²) in [4.78, 5) is 23.5. The molecule has 2 aromatic rings. The molecule has 6 nitrogen and oxygen atoms in total. The van der Waals surface area contributed by atoms with E-state index in [0.717, 1.165) is 5.56 Å². The second-order valence-corrected chi connectivity index (χ2v) is 3.37. The van der Waals surface area contributed by atoms with E-state index >= 15 is 0 Å². The summed E-state index contributed by atoms with van der Waals surface area (Å²) in [6.45, 7) is 0. The summed E-state index contributed by atoms with van der Waals surface area (Å²) >= 11 is 0. The zero-order chi connectivity index (χ0) is 13.0. The Morgan fingerprint density at radius 1 is 1.17 bits per heavy atom. The van der Waals surface area contributed by atoms with Gasteiger partial charge in [0.1, 0.15) is 0 Å². The van der Waals surface area contributed by atoms with Crippen LogP contribution in [0.25, 0.3) is 11.3 Å². The molecule has 0 aliphatic carbocycles. The lowest BCUT2D eigenvalue weighted by Gasteiger charge is -2.03. The van der Waals surface area contributed by atoms with E-state index in [0.29, 0.717) is 11.6 Å². The third-order valence-corrected chi connectivity index (χ3v) is 2.27. The maximum Gasteiger partial charge on any atom is 0.358 e. The van der Waals surface area contributed by atoms with Gasteiger partial charge in [0.15, 0.2) is 5.69 Å². The average Bonchev–Trinajstić information content (AvgIpc) is 2.46. The molecule has 18 heavy (non-hydrogen) atoms. The standard InChI is InChI=1S/C12H11N3O3/c1-17-11-4-3-8(5-14-11)9-6-13-7-10(15-9)12(16)18-2/h3-7H,1-2H3. The van der Waals surface area contributed by atoms with E-state index in [-0.39, 0.29) is 5.69 Å². The van der Waals surface area contributed by atoms with Crippen LogP contribution in [0, 0.1) is 0 Å². The lowest BCUT2D eigenvalue weighted by Crippen LogP contribution is -2.05. The van der Waals surface area contributed by atoms with E-state index in [1.54, 1.807) is 31.6 Å². The van der Waals surface area contributed by atoms with Crippen molar-refractivity contribution < 1.29 is 14.3 Å². The van der Waals surface area contributed by atoms with Crippen molar-refractivity contribution in [3.05, 3.63) is 36.4 Å². The maximum atomic E-state index is 11.3. The molecule has 0 amide bonds. The van der Waals surface area contributed by atoms with Crippen molar-refractivity contribution in [1.82, 2.24) is 15.0 Å². The second-order valence-electron chi connectivity index (χ2n) is 3.37.